The Kier molecular flexibility index (Phi) is 7.97. The van der Waals surface area contributed by atoms with E-state index < -0.39 is 6.10 Å². The first-order chi connectivity index (χ1) is 9.26. The van der Waals surface area contributed by atoms with Gasteiger partial charge < -0.3 is 25.6 Å². The third-order valence-electron chi connectivity index (χ3n) is 2.44. The predicted molar refractivity (Wildman–Crippen MR) is 75.7 cm³/mol. The summed E-state index contributed by atoms with van der Waals surface area (Å²) in [4.78, 5) is 0. The molecule has 0 amide bonds. The first-order valence-corrected chi connectivity index (χ1v) is 6.70. The van der Waals surface area contributed by atoms with Crippen molar-refractivity contribution in [1.82, 2.24) is 5.32 Å². The highest BCUT2D eigenvalue weighted by atomic mass is 16.5. The van der Waals surface area contributed by atoms with Gasteiger partial charge in [-0.05, 0) is 30.7 Å². The lowest BCUT2D eigenvalue weighted by atomic mass is 10.3. The minimum absolute atomic E-state index is 0.257. The average molecular weight is 268 g/mol. The van der Waals surface area contributed by atoms with Gasteiger partial charge in [-0.25, -0.2) is 0 Å². The van der Waals surface area contributed by atoms with E-state index in [2.05, 4.69) is 12.2 Å². The van der Waals surface area contributed by atoms with Crippen LogP contribution in [-0.2, 0) is 0 Å². The highest BCUT2D eigenvalue weighted by molar-refractivity contribution is 5.31. The SMILES string of the molecule is CCCOc1ccc(OCC(O)CNCCN)cc1. The molecule has 0 saturated heterocycles. The highest BCUT2D eigenvalue weighted by Crippen LogP contribution is 2.17. The fourth-order valence-electron chi connectivity index (χ4n) is 1.47. The lowest BCUT2D eigenvalue weighted by Crippen LogP contribution is -2.34. The normalized spacial score (nSPS) is 12.2. The van der Waals surface area contributed by atoms with Crippen LogP contribution in [0.1, 0.15) is 13.3 Å². The molecule has 1 rings (SSSR count). The van der Waals surface area contributed by atoms with E-state index in [0.29, 0.717) is 26.2 Å². The van der Waals surface area contributed by atoms with E-state index in [-0.39, 0.29) is 6.61 Å². The van der Waals surface area contributed by atoms with Crippen LogP contribution in [0.15, 0.2) is 24.3 Å². The molecule has 0 radical (unpaired) electrons. The van der Waals surface area contributed by atoms with Crippen molar-refractivity contribution in [3.63, 3.8) is 0 Å². The zero-order chi connectivity index (χ0) is 13.9. The van der Waals surface area contributed by atoms with E-state index >= 15 is 0 Å². The third-order valence-corrected chi connectivity index (χ3v) is 2.44. The van der Waals surface area contributed by atoms with E-state index in [1.807, 2.05) is 24.3 Å². The molecule has 1 atom stereocenters. The quantitative estimate of drug-likeness (QED) is 0.546. The van der Waals surface area contributed by atoms with E-state index in [1.54, 1.807) is 0 Å². The molecule has 0 spiro atoms. The monoisotopic (exact) mass is 268 g/mol. The number of nitrogens with two attached hydrogens (primary N) is 1. The van der Waals surface area contributed by atoms with Crippen LogP contribution < -0.4 is 20.5 Å². The van der Waals surface area contributed by atoms with Crippen molar-refractivity contribution >= 4 is 0 Å². The van der Waals surface area contributed by atoms with Crippen molar-refractivity contribution in [3.8, 4) is 11.5 Å². The molecule has 5 heteroatoms. The summed E-state index contributed by atoms with van der Waals surface area (Å²) in [5.74, 6) is 1.56. The Labute approximate surface area is 114 Å². The second kappa shape index (κ2) is 9.61. The molecule has 0 aliphatic carbocycles. The molecule has 0 saturated carbocycles. The zero-order valence-electron chi connectivity index (χ0n) is 11.5. The van der Waals surface area contributed by atoms with Crippen LogP contribution in [-0.4, -0.2) is 44.1 Å². The number of rotatable bonds is 10. The molecule has 19 heavy (non-hydrogen) atoms. The van der Waals surface area contributed by atoms with Crippen molar-refractivity contribution in [1.29, 1.82) is 0 Å². The molecule has 0 aliphatic rings. The van der Waals surface area contributed by atoms with Crippen molar-refractivity contribution in [2.24, 2.45) is 5.73 Å². The van der Waals surface area contributed by atoms with E-state index in [1.165, 1.54) is 0 Å². The van der Waals surface area contributed by atoms with Gasteiger partial charge in [0.15, 0.2) is 0 Å². The standard InChI is InChI=1S/C14H24N2O3/c1-2-9-18-13-3-5-14(6-4-13)19-11-12(17)10-16-8-7-15/h3-6,12,16-17H,2,7-11,15H2,1H3. The summed E-state index contributed by atoms with van der Waals surface area (Å²) in [5.41, 5.74) is 5.34. The van der Waals surface area contributed by atoms with E-state index in [9.17, 15) is 5.11 Å². The number of aliphatic hydroxyl groups excluding tert-OH is 1. The lowest BCUT2D eigenvalue weighted by molar-refractivity contribution is 0.107. The van der Waals surface area contributed by atoms with Gasteiger partial charge in [-0.15, -0.1) is 0 Å². The Morgan fingerprint density at radius 2 is 1.84 bits per heavy atom. The minimum Gasteiger partial charge on any atom is -0.494 e. The molecule has 1 aromatic rings. The van der Waals surface area contributed by atoms with E-state index in [4.69, 9.17) is 15.2 Å². The summed E-state index contributed by atoms with van der Waals surface area (Å²) in [6, 6.07) is 7.41. The topological polar surface area (TPSA) is 76.7 Å². The van der Waals surface area contributed by atoms with Gasteiger partial charge in [-0.2, -0.15) is 0 Å². The van der Waals surface area contributed by atoms with Gasteiger partial charge in [0, 0.05) is 19.6 Å². The molecule has 0 heterocycles. The molecule has 0 bridgehead atoms. The van der Waals surface area contributed by atoms with Crippen LogP contribution in [0, 0.1) is 0 Å². The Bertz CT molecular complexity index is 330. The minimum atomic E-state index is -0.539. The van der Waals surface area contributed by atoms with Gasteiger partial charge >= 0.3 is 0 Å². The molecule has 0 aliphatic heterocycles. The number of benzene rings is 1. The predicted octanol–water partition coefficient (Wildman–Crippen LogP) is 0.763. The maximum atomic E-state index is 9.65. The maximum absolute atomic E-state index is 9.65. The largest absolute Gasteiger partial charge is 0.494 e. The molecule has 4 N–H and O–H groups in total. The van der Waals surface area contributed by atoms with Gasteiger partial charge in [0.2, 0.25) is 0 Å². The van der Waals surface area contributed by atoms with Gasteiger partial charge in [0.1, 0.15) is 24.2 Å². The van der Waals surface area contributed by atoms with Crippen molar-refractivity contribution in [3.05, 3.63) is 24.3 Å². The van der Waals surface area contributed by atoms with Crippen molar-refractivity contribution in [2.45, 2.75) is 19.4 Å². The second-order valence-electron chi connectivity index (χ2n) is 4.28. The summed E-state index contributed by atoms with van der Waals surface area (Å²) in [7, 11) is 0. The summed E-state index contributed by atoms with van der Waals surface area (Å²) in [6.07, 6.45) is 0.447. The van der Waals surface area contributed by atoms with Gasteiger partial charge in [0.25, 0.3) is 0 Å². The molecule has 5 nitrogen and oxygen atoms in total. The molecule has 108 valence electrons. The fraction of sp³-hybridized carbons (Fsp3) is 0.571. The maximum Gasteiger partial charge on any atom is 0.119 e. The summed E-state index contributed by atoms with van der Waals surface area (Å²) >= 11 is 0. The summed E-state index contributed by atoms with van der Waals surface area (Å²) in [5, 5.41) is 12.7. The molecule has 1 unspecified atom stereocenters. The number of hydrogen-bond donors (Lipinski definition) is 3. The Hall–Kier alpha value is -1.30. The first-order valence-electron chi connectivity index (χ1n) is 6.70. The fourth-order valence-corrected chi connectivity index (χ4v) is 1.47. The third kappa shape index (κ3) is 7.00. The number of nitrogens with one attached hydrogen (secondary N) is 1. The molecule has 0 aromatic heterocycles. The van der Waals surface area contributed by atoms with Crippen LogP contribution in [0.25, 0.3) is 0 Å². The molecular formula is C14H24N2O3. The Morgan fingerprint density at radius 1 is 1.21 bits per heavy atom. The van der Waals surface area contributed by atoms with Crippen molar-refractivity contribution < 1.29 is 14.6 Å². The van der Waals surface area contributed by atoms with Crippen LogP contribution in [0.2, 0.25) is 0 Å². The Balaban J connectivity index is 2.25. The number of hydrogen-bond acceptors (Lipinski definition) is 5. The second-order valence-corrected chi connectivity index (χ2v) is 4.28. The lowest BCUT2D eigenvalue weighted by Gasteiger charge is -2.13. The van der Waals surface area contributed by atoms with Crippen LogP contribution in [0.3, 0.4) is 0 Å². The van der Waals surface area contributed by atoms with Crippen LogP contribution in [0.5, 0.6) is 11.5 Å². The first kappa shape index (κ1) is 15.8. The van der Waals surface area contributed by atoms with Crippen LogP contribution >= 0.6 is 0 Å². The Morgan fingerprint density at radius 3 is 2.42 bits per heavy atom. The van der Waals surface area contributed by atoms with E-state index in [0.717, 1.165) is 17.9 Å². The average Bonchev–Trinajstić information content (AvgIpc) is 2.44. The highest BCUT2D eigenvalue weighted by Gasteiger charge is 2.04. The van der Waals surface area contributed by atoms with Gasteiger partial charge in [-0.1, -0.05) is 6.92 Å². The molecular weight excluding hydrogens is 244 g/mol. The van der Waals surface area contributed by atoms with Crippen molar-refractivity contribution in [2.75, 3.05) is 32.8 Å². The van der Waals surface area contributed by atoms with Gasteiger partial charge in [0.05, 0.1) is 6.61 Å². The molecule has 0 fully saturated rings. The zero-order valence-corrected chi connectivity index (χ0v) is 11.5. The van der Waals surface area contributed by atoms with Crippen LogP contribution in [0.4, 0.5) is 0 Å². The number of aliphatic hydroxyl groups is 1. The smallest absolute Gasteiger partial charge is 0.119 e. The molecule has 1 aromatic carbocycles. The van der Waals surface area contributed by atoms with Gasteiger partial charge in [-0.3, -0.25) is 0 Å². The summed E-state index contributed by atoms with van der Waals surface area (Å²) < 4.78 is 11.0. The number of ether oxygens (including phenoxy) is 2. The summed E-state index contributed by atoms with van der Waals surface area (Å²) in [6.45, 7) is 4.78.